The Morgan fingerprint density at radius 1 is 1.00 bits per heavy atom. The summed E-state index contributed by atoms with van der Waals surface area (Å²) in [6.07, 6.45) is 3.51. The van der Waals surface area contributed by atoms with Crippen LogP contribution < -0.4 is 5.32 Å². The fourth-order valence-electron chi connectivity index (χ4n) is 8.06. The number of hydrogen-bond donors (Lipinski definition) is 1. The van der Waals surface area contributed by atoms with Gasteiger partial charge in [-0.05, 0) is 118 Å². The molecule has 0 radical (unpaired) electrons. The third kappa shape index (κ3) is 4.13. The lowest BCUT2D eigenvalue weighted by atomic mass is 9.73. The number of para-hydroxylation sites is 1. The number of hydrogen-bond acceptors (Lipinski definition) is 4. The fourth-order valence-corrected chi connectivity index (χ4v) is 8.06. The van der Waals surface area contributed by atoms with E-state index in [4.69, 9.17) is 0 Å². The van der Waals surface area contributed by atoms with Crippen LogP contribution in [0, 0.1) is 40.5 Å². The van der Waals surface area contributed by atoms with Crippen LogP contribution in [0.15, 0.2) is 36.5 Å². The molecule has 0 unspecified atom stereocenters. The van der Waals surface area contributed by atoms with Crippen molar-refractivity contribution in [1.29, 1.82) is 0 Å². The Labute approximate surface area is 248 Å². The van der Waals surface area contributed by atoms with Crippen LogP contribution >= 0.6 is 0 Å². The molecule has 1 aromatic heterocycles. The number of likely N-dealkylation sites (tertiary alicyclic amines) is 1. The molecule has 3 aliphatic rings. The van der Waals surface area contributed by atoms with Crippen molar-refractivity contribution in [2.45, 2.75) is 91.5 Å². The predicted octanol–water partition coefficient (Wildman–Crippen LogP) is 6.23. The molecule has 0 saturated carbocycles. The highest BCUT2D eigenvalue weighted by Crippen LogP contribution is 2.47. The summed E-state index contributed by atoms with van der Waals surface area (Å²) in [5, 5.41) is 3.03. The summed E-state index contributed by atoms with van der Waals surface area (Å²) in [5.41, 5.74) is 11.4. The molecule has 4 atom stereocenters. The van der Waals surface area contributed by atoms with E-state index in [1.54, 1.807) is 6.20 Å². The van der Waals surface area contributed by atoms with Crippen molar-refractivity contribution < 1.29 is 14.4 Å². The van der Waals surface area contributed by atoms with E-state index in [9.17, 15) is 14.4 Å². The molecular formula is C36H41N3O3. The maximum atomic E-state index is 13.8. The Hall–Kier alpha value is -3.80. The molecule has 1 N–H and O–H groups in total. The molecule has 1 spiro atoms. The number of piperidine rings is 1. The van der Waals surface area contributed by atoms with Crippen LogP contribution in [0.5, 0.6) is 0 Å². The van der Waals surface area contributed by atoms with Gasteiger partial charge in [-0.15, -0.1) is 0 Å². The molecule has 1 fully saturated rings. The van der Waals surface area contributed by atoms with E-state index in [-0.39, 0.29) is 41.9 Å². The van der Waals surface area contributed by atoms with Crippen LogP contribution in [0.3, 0.4) is 0 Å². The topological polar surface area (TPSA) is 79.4 Å². The second-order valence-corrected chi connectivity index (χ2v) is 12.8. The van der Waals surface area contributed by atoms with Crippen LogP contribution in [0.4, 0.5) is 5.69 Å². The van der Waals surface area contributed by atoms with Crippen molar-refractivity contribution in [3.8, 4) is 0 Å². The number of fused-ring (bicyclic) bond motifs is 3. The van der Waals surface area contributed by atoms with Gasteiger partial charge in [-0.3, -0.25) is 19.4 Å². The number of rotatable bonds is 5. The summed E-state index contributed by atoms with van der Waals surface area (Å²) in [6.45, 7) is 15.8. The van der Waals surface area contributed by atoms with Crippen LogP contribution in [-0.4, -0.2) is 40.1 Å². The molecule has 1 aliphatic carbocycles. The first-order valence-electron chi connectivity index (χ1n) is 15.3. The van der Waals surface area contributed by atoms with Gasteiger partial charge in [0.1, 0.15) is 0 Å². The number of pyridine rings is 1. The minimum absolute atomic E-state index is 0.00522. The summed E-state index contributed by atoms with van der Waals surface area (Å²) in [6, 6.07) is 9.81. The van der Waals surface area contributed by atoms with Gasteiger partial charge in [-0.25, -0.2) is 0 Å². The standard InChI is InChI=1S/C36H41N3O3/c1-8-39-24(7)28(33-22(5)20(3)19(2)21(4)23(33)6)14-25(34(39)41)15-32(40)27-13-26-16-36(17-31(26)37-18-27)29-11-9-10-12-30(29)38-35(36)42/h9-13,18,24-25,28H,8,14-17H2,1-7H3,(H,38,42)/t24-,25-,28-,36+/m1/s1. The van der Waals surface area contributed by atoms with Gasteiger partial charge in [0.15, 0.2) is 5.78 Å². The third-order valence-electron chi connectivity index (χ3n) is 10.9. The summed E-state index contributed by atoms with van der Waals surface area (Å²) < 4.78 is 0. The number of anilines is 1. The van der Waals surface area contributed by atoms with E-state index in [1.807, 2.05) is 42.2 Å². The monoisotopic (exact) mass is 563 g/mol. The van der Waals surface area contributed by atoms with Gasteiger partial charge in [-0.2, -0.15) is 0 Å². The highest BCUT2D eigenvalue weighted by atomic mass is 16.2. The zero-order chi connectivity index (χ0) is 30.1. The first-order valence-corrected chi connectivity index (χ1v) is 15.3. The van der Waals surface area contributed by atoms with Gasteiger partial charge in [-0.1, -0.05) is 18.2 Å². The Morgan fingerprint density at radius 3 is 2.36 bits per heavy atom. The Kier molecular flexibility index (Phi) is 6.87. The first-order chi connectivity index (χ1) is 20.0. The lowest BCUT2D eigenvalue weighted by Gasteiger charge is -2.44. The Bertz CT molecular complexity index is 1630. The number of nitrogens with one attached hydrogen (secondary N) is 1. The van der Waals surface area contributed by atoms with E-state index in [0.717, 1.165) is 22.5 Å². The largest absolute Gasteiger partial charge is 0.339 e. The van der Waals surface area contributed by atoms with Gasteiger partial charge in [0.25, 0.3) is 0 Å². The molecular weight excluding hydrogens is 522 g/mol. The lowest BCUT2D eigenvalue weighted by molar-refractivity contribution is -0.142. The van der Waals surface area contributed by atoms with Crippen LogP contribution in [0.25, 0.3) is 0 Å². The molecule has 6 rings (SSSR count). The molecule has 3 aromatic rings. The molecule has 1 saturated heterocycles. The van der Waals surface area contributed by atoms with Crippen LogP contribution in [0.2, 0.25) is 0 Å². The number of likely N-dealkylation sites (N-methyl/N-ethyl adjacent to an activating group) is 1. The summed E-state index contributed by atoms with van der Waals surface area (Å²) in [4.78, 5) is 47.2. The SMILES string of the molecule is CCN1C(=O)[C@@H](CC(=O)c2cnc3c(c2)C[C@@]2(C3)C(=O)Nc3ccccc32)C[C@@H](c2c(C)c(C)c(C)c(C)c2C)[C@H]1C. The smallest absolute Gasteiger partial charge is 0.235 e. The zero-order valence-corrected chi connectivity index (χ0v) is 25.9. The average molecular weight is 564 g/mol. The summed E-state index contributed by atoms with van der Waals surface area (Å²) in [5.74, 6) is -0.217. The molecule has 42 heavy (non-hydrogen) atoms. The van der Waals surface area contributed by atoms with Crippen molar-refractivity contribution >= 4 is 23.3 Å². The maximum Gasteiger partial charge on any atom is 0.235 e. The molecule has 218 valence electrons. The minimum Gasteiger partial charge on any atom is -0.339 e. The molecule has 6 heteroatoms. The van der Waals surface area contributed by atoms with Gasteiger partial charge in [0.05, 0.1) is 5.41 Å². The Balaban J connectivity index is 1.27. The van der Waals surface area contributed by atoms with Gasteiger partial charge >= 0.3 is 0 Å². The van der Waals surface area contributed by atoms with Gasteiger partial charge < -0.3 is 10.2 Å². The lowest BCUT2D eigenvalue weighted by Crippen LogP contribution is -2.50. The second kappa shape index (κ2) is 10.2. The van der Waals surface area contributed by atoms with Crippen molar-refractivity contribution in [3.05, 3.63) is 92.3 Å². The maximum absolute atomic E-state index is 13.8. The number of carbonyl (C=O) groups excluding carboxylic acids is 3. The number of aromatic nitrogens is 1. The van der Waals surface area contributed by atoms with Crippen LogP contribution in [0.1, 0.15) is 93.2 Å². The number of benzene rings is 2. The number of ketones is 1. The van der Waals surface area contributed by atoms with Crippen LogP contribution in [-0.2, 0) is 27.8 Å². The minimum atomic E-state index is -0.669. The normalized spacial score (nSPS) is 24.6. The number of Topliss-reactive ketones (excluding diaryl/α,β-unsaturated/α-hetero) is 1. The number of amides is 2. The van der Waals surface area contributed by atoms with Gasteiger partial charge in [0, 0.05) is 60.4 Å². The highest BCUT2D eigenvalue weighted by molar-refractivity contribution is 6.07. The van der Waals surface area contributed by atoms with Crippen molar-refractivity contribution in [2.75, 3.05) is 11.9 Å². The average Bonchev–Trinajstić information content (AvgIpc) is 3.50. The zero-order valence-electron chi connectivity index (χ0n) is 25.9. The highest BCUT2D eigenvalue weighted by Gasteiger charge is 2.51. The molecule has 3 heterocycles. The quantitative estimate of drug-likeness (QED) is 0.374. The Morgan fingerprint density at radius 2 is 1.67 bits per heavy atom. The van der Waals surface area contributed by atoms with Crippen molar-refractivity contribution in [1.82, 2.24) is 9.88 Å². The fraction of sp³-hybridized carbons (Fsp3) is 0.444. The number of carbonyl (C=O) groups is 3. The van der Waals surface area contributed by atoms with Gasteiger partial charge in [0.2, 0.25) is 11.8 Å². The van der Waals surface area contributed by atoms with E-state index < -0.39 is 5.41 Å². The van der Waals surface area contributed by atoms with E-state index in [0.29, 0.717) is 31.4 Å². The molecule has 2 amide bonds. The van der Waals surface area contributed by atoms with E-state index in [1.165, 1.54) is 33.4 Å². The number of nitrogens with zero attached hydrogens (tertiary/aromatic N) is 2. The molecule has 6 nitrogen and oxygen atoms in total. The predicted molar refractivity (Wildman–Crippen MR) is 165 cm³/mol. The molecule has 2 aliphatic heterocycles. The first kappa shape index (κ1) is 28.3. The van der Waals surface area contributed by atoms with E-state index in [2.05, 4.69) is 51.8 Å². The van der Waals surface area contributed by atoms with Crippen molar-refractivity contribution in [3.63, 3.8) is 0 Å². The van der Waals surface area contributed by atoms with E-state index >= 15 is 0 Å². The molecule has 2 aromatic carbocycles. The second-order valence-electron chi connectivity index (χ2n) is 12.8. The molecule has 0 bridgehead atoms. The third-order valence-corrected chi connectivity index (χ3v) is 10.9. The van der Waals surface area contributed by atoms with Crippen molar-refractivity contribution in [2.24, 2.45) is 5.92 Å². The summed E-state index contributed by atoms with van der Waals surface area (Å²) >= 11 is 0. The summed E-state index contributed by atoms with van der Waals surface area (Å²) in [7, 11) is 0.